The molecule has 1 rings (SSSR count). The van der Waals surface area contributed by atoms with Gasteiger partial charge in [0.25, 0.3) is 11.3 Å². The number of carbonyl (C=O) groups is 1. The highest BCUT2D eigenvalue weighted by Gasteiger charge is 2.20. The van der Waals surface area contributed by atoms with Crippen LogP contribution in [-0.4, -0.2) is 27.9 Å². The molecule has 112 valence electrons. The monoisotopic (exact) mass is 299 g/mol. The Bertz CT molecular complexity index is 464. The summed E-state index contributed by atoms with van der Waals surface area (Å²) in [7, 11) is 0. The van der Waals surface area contributed by atoms with Gasteiger partial charge in [-0.05, 0) is 25.0 Å². The average Bonchev–Trinajstić information content (AvgIpc) is 2.45. The predicted octanol–water partition coefficient (Wildman–Crippen LogP) is 3.00. The van der Waals surface area contributed by atoms with Gasteiger partial charge in [-0.3, -0.25) is 8.86 Å². The second-order valence-corrected chi connectivity index (χ2v) is 5.24. The minimum atomic E-state index is -2.16. The summed E-state index contributed by atoms with van der Waals surface area (Å²) in [5.74, 6) is -0.464. The quantitative estimate of drug-likeness (QED) is 0.592. The number of carbonyl (C=O) groups excluding carboxylic acids is 1. The van der Waals surface area contributed by atoms with E-state index in [1.165, 1.54) is 4.31 Å². The molecule has 1 N–H and O–H groups in total. The number of nitrogens with zero attached hydrogens (tertiary/aromatic N) is 1. The third-order valence-corrected chi connectivity index (χ3v) is 3.49. The molecule has 0 aliphatic rings. The number of hydrogen-bond donors (Lipinski definition) is 1. The van der Waals surface area contributed by atoms with Crippen LogP contribution >= 0.6 is 0 Å². The number of ether oxygens (including phenoxy) is 1. The summed E-state index contributed by atoms with van der Waals surface area (Å²) < 4.78 is 27.3. The van der Waals surface area contributed by atoms with Crippen molar-refractivity contribution < 1.29 is 18.3 Å². The van der Waals surface area contributed by atoms with Gasteiger partial charge in [-0.2, -0.15) is 0 Å². The fraction of sp³-hybridized carbons (Fsp3) is 0.500. The number of rotatable bonds is 8. The molecule has 0 amide bonds. The van der Waals surface area contributed by atoms with Crippen LogP contribution in [0, 0.1) is 0 Å². The molecule has 0 aliphatic carbocycles. The first kappa shape index (κ1) is 16.7. The predicted molar refractivity (Wildman–Crippen MR) is 80.0 cm³/mol. The van der Waals surface area contributed by atoms with E-state index in [4.69, 9.17) is 4.74 Å². The molecule has 0 saturated heterocycles. The van der Waals surface area contributed by atoms with E-state index in [1.807, 2.05) is 13.8 Å². The SMILES string of the molecule is CCCCN(c1ccccc1C(=O)OCCC)S(=O)O. The van der Waals surface area contributed by atoms with Crippen LogP contribution in [0.2, 0.25) is 0 Å². The standard InChI is InChI=1S/C14H21NO4S/c1-3-5-10-15(20(17)18)13-9-7-6-8-12(13)14(16)19-11-4-2/h6-9H,3-5,10-11H2,1-2H3,(H,17,18). The highest BCUT2D eigenvalue weighted by atomic mass is 32.2. The summed E-state index contributed by atoms with van der Waals surface area (Å²) in [5.41, 5.74) is 0.752. The van der Waals surface area contributed by atoms with E-state index < -0.39 is 17.2 Å². The lowest BCUT2D eigenvalue weighted by Crippen LogP contribution is -2.28. The molecule has 5 nitrogen and oxygen atoms in total. The molecule has 20 heavy (non-hydrogen) atoms. The van der Waals surface area contributed by atoms with E-state index in [-0.39, 0.29) is 0 Å². The van der Waals surface area contributed by atoms with Crippen molar-refractivity contribution in [1.29, 1.82) is 0 Å². The van der Waals surface area contributed by atoms with Gasteiger partial charge >= 0.3 is 5.97 Å². The highest BCUT2D eigenvalue weighted by molar-refractivity contribution is 7.80. The van der Waals surface area contributed by atoms with Crippen LogP contribution in [0.25, 0.3) is 0 Å². The Balaban J connectivity index is 3.02. The Morgan fingerprint density at radius 3 is 2.60 bits per heavy atom. The Morgan fingerprint density at radius 2 is 2.00 bits per heavy atom. The first-order chi connectivity index (χ1) is 9.61. The lowest BCUT2D eigenvalue weighted by atomic mass is 10.1. The lowest BCUT2D eigenvalue weighted by Gasteiger charge is -2.21. The smallest absolute Gasteiger partial charge is 0.340 e. The molecule has 1 atom stereocenters. The van der Waals surface area contributed by atoms with Crippen molar-refractivity contribution in [3.05, 3.63) is 29.8 Å². The lowest BCUT2D eigenvalue weighted by molar-refractivity contribution is 0.0506. The van der Waals surface area contributed by atoms with E-state index in [1.54, 1.807) is 24.3 Å². The summed E-state index contributed by atoms with van der Waals surface area (Å²) in [6.07, 6.45) is 2.40. The number of hydrogen-bond acceptors (Lipinski definition) is 3. The Kier molecular flexibility index (Phi) is 7.25. The molecule has 1 unspecified atom stereocenters. The molecule has 6 heteroatoms. The maximum atomic E-state index is 12.0. The van der Waals surface area contributed by atoms with Crippen LogP contribution in [0.4, 0.5) is 5.69 Å². The van der Waals surface area contributed by atoms with Crippen molar-refractivity contribution in [2.24, 2.45) is 0 Å². The van der Waals surface area contributed by atoms with Gasteiger partial charge in [0.2, 0.25) is 0 Å². The third kappa shape index (κ3) is 4.61. The molecular weight excluding hydrogens is 278 g/mol. The Labute approximate surface area is 122 Å². The van der Waals surface area contributed by atoms with Crippen LogP contribution in [-0.2, 0) is 16.0 Å². The number of anilines is 1. The second kappa shape index (κ2) is 8.71. The maximum Gasteiger partial charge on any atom is 0.340 e. The van der Waals surface area contributed by atoms with Crippen LogP contribution in [0.1, 0.15) is 43.5 Å². The molecule has 0 aromatic heterocycles. The van der Waals surface area contributed by atoms with E-state index in [2.05, 4.69) is 0 Å². The molecule has 1 aromatic carbocycles. The molecule has 1 aromatic rings. The number of benzene rings is 1. The van der Waals surface area contributed by atoms with E-state index in [9.17, 15) is 13.6 Å². The molecule has 0 heterocycles. The summed E-state index contributed by atoms with van der Waals surface area (Å²) in [6, 6.07) is 6.72. The fourth-order valence-electron chi connectivity index (χ4n) is 1.72. The van der Waals surface area contributed by atoms with E-state index in [0.717, 1.165) is 19.3 Å². The van der Waals surface area contributed by atoms with Gasteiger partial charge in [0.15, 0.2) is 0 Å². The zero-order chi connectivity index (χ0) is 15.0. The van der Waals surface area contributed by atoms with Crippen molar-refractivity contribution in [1.82, 2.24) is 0 Å². The molecule has 0 spiro atoms. The van der Waals surface area contributed by atoms with E-state index >= 15 is 0 Å². The Hall–Kier alpha value is -1.40. The molecular formula is C14H21NO4S. The third-order valence-electron chi connectivity index (χ3n) is 2.73. The summed E-state index contributed by atoms with van der Waals surface area (Å²) in [6.45, 7) is 4.66. The highest BCUT2D eigenvalue weighted by Crippen LogP contribution is 2.23. The van der Waals surface area contributed by atoms with Gasteiger partial charge in [-0.1, -0.05) is 32.4 Å². The van der Waals surface area contributed by atoms with Crippen LogP contribution in [0.3, 0.4) is 0 Å². The zero-order valence-electron chi connectivity index (χ0n) is 11.9. The minimum Gasteiger partial charge on any atom is -0.462 e. The van der Waals surface area contributed by atoms with Crippen LogP contribution in [0.15, 0.2) is 24.3 Å². The summed E-state index contributed by atoms with van der Waals surface area (Å²) in [5, 5.41) is 0. The van der Waals surface area contributed by atoms with E-state index in [0.29, 0.717) is 24.4 Å². The number of para-hydroxylation sites is 1. The number of esters is 1. The van der Waals surface area contributed by atoms with Crippen LogP contribution in [0.5, 0.6) is 0 Å². The Morgan fingerprint density at radius 1 is 1.30 bits per heavy atom. The van der Waals surface area contributed by atoms with Gasteiger partial charge in [-0.25, -0.2) is 9.00 Å². The van der Waals surface area contributed by atoms with Gasteiger partial charge in [-0.15, -0.1) is 0 Å². The molecule has 0 fully saturated rings. The summed E-state index contributed by atoms with van der Waals surface area (Å²) >= 11 is -2.16. The van der Waals surface area contributed by atoms with Gasteiger partial charge < -0.3 is 4.74 Å². The first-order valence-electron chi connectivity index (χ1n) is 6.76. The maximum absolute atomic E-state index is 12.0. The molecule has 0 saturated carbocycles. The van der Waals surface area contributed by atoms with Crippen molar-refractivity contribution in [3.8, 4) is 0 Å². The topological polar surface area (TPSA) is 66.8 Å². The van der Waals surface area contributed by atoms with Gasteiger partial charge in [0.05, 0.1) is 17.9 Å². The van der Waals surface area contributed by atoms with Gasteiger partial charge in [0.1, 0.15) is 0 Å². The molecule has 0 bridgehead atoms. The molecule has 0 aliphatic heterocycles. The zero-order valence-corrected chi connectivity index (χ0v) is 12.7. The number of unbranched alkanes of at least 4 members (excludes halogenated alkanes) is 1. The van der Waals surface area contributed by atoms with Crippen molar-refractivity contribution in [2.75, 3.05) is 17.5 Å². The normalized spacial score (nSPS) is 11.9. The fourth-order valence-corrected chi connectivity index (χ4v) is 2.33. The van der Waals surface area contributed by atoms with Crippen LogP contribution < -0.4 is 4.31 Å². The summed E-state index contributed by atoms with van der Waals surface area (Å²) in [4.78, 5) is 12.0. The minimum absolute atomic E-state index is 0.319. The first-order valence-corrected chi connectivity index (χ1v) is 7.82. The van der Waals surface area contributed by atoms with Crippen molar-refractivity contribution in [3.63, 3.8) is 0 Å². The second-order valence-electron chi connectivity index (χ2n) is 4.34. The largest absolute Gasteiger partial charge is 0.462 e. The van der Waals surface area contributed by atoms with Crippen molar-refractivity contribution in [2.45, 2.75) is 33.1 Å². The van der Waals surface area contributed by atoms with Crippen molar-refractivity contribution >= 4 is 22.9 Å². The average molecular weight is 299 g/mol. The van der Waals surface area contributed by atoms with Gasteiger partial charge in [0, 0.05) is 6.54 Å². The molecule has 0 radical (unpaired) electrons.